The summed E-state index contributed by atoms with van der Waals surface area (Å²) in [5.74, 6) is 0.937. The smallest absolute Gasteiger partial charge is 0.268 e. The second kappa shape index (κ2) is 6.37. The molecule has 0 bridgehead atoms. The number of anilines is 1. The predicted octanol–water partition coefficient (Wildman–Crippen LogP) is 5.28. The third-order valence-corrected chi connectivity index (χ3v) is 5.61. The number of hydrogen-bond donors (Lipinski definition) is 0. The Bertz CT molecular complexity index is 945. The van der Waals surface area contributed by atoms with Crippen LogP contribution >= 0.6 is 11.3 Å². The standard InChI is InChI=1S/C21H19NO2S/c1-3-22(16-8-6-7-14(2)11-16)21(23)19-12-15-13-24-18-10-5-4-9-17(18)20(15)25-19/h4-12H,3,13H2,1-2H3. The van der Waals surface area contributed by atoms with Gasteiger partial charge in [0, 0.05) is 28.2 Å². The minimum atomic E-state index is 0.0463. The van der Waals surface area contributed by atoms with Crippen molar-refractivity contribution in [3.05, 3.63) is 70.6 Å². The van der Waals surface area contributed by atoms with E-state index < -0.39 is 0 Å². The van der Waals surface area contributed by atoms with Gasteiger partial charge in [0.25, 0.3) is 5.91 Å². The maximum atomic E-state index is 13.1. The zero-order chi connectivity index (χ0) is 17.4. The molecule has 0 radical (unpaired) electrons. The lowest BCUT2D eigenvalue weighted by Crippen LogP contribution is -2.30. The molecule has 3 nitrogen and oxygen atoms in total. The molecule has 0 unspecified atom stereocenters. The molecule has 4 rings (SSSR count). The van der Waals surface area contributed by atoms with E-state index in [1.54, 1.807) is 11.3 Å². The molecule has 1 aliphatic rings. The van der Waals surface area contributed by atoms with Crippen molar-refractivity contribution < 1.29 is 9.53 Å². The van der Waals surface area contributed by atoms with Gasteiger partial charge in [-0.25, -0.2) is 0 Å². The maximum Gasteiger partial charge on any atom is 0.268 e. The van der Waals surface area contributed by atoms with Gasteiger partial charge in [-0.1, -0.05) is 24.3 Å². The summed E-state index contributed by atoms with van der Waals surface area (Å²) in [4.78, 5) is 16.8. The number of ether oxygens (including phenoxy) is 1. The maximum absolute atomic E-state index is 13.1. The van der Waals surface area contributed by atoms with Gasteiger partial charge in [-0.05, 0) is 49.7 Å². The summed E-state index contributed by atoms with van der Waals surface area (Å²) in [6.07, 6.45) is 0. The van der Waals surface area contributed by atoms with Crippen LogP contribution < -0.4 is 9.64 Å². The van der Waals surface area contributed by atoms with E-state index in [9.17, 15) is 4.79 Å². The molecular weight excluding hydrogens is 330 g/mol. The molecule has 3 aromatic rings. The Kier molecular flexibility index (Phi) is 4.06. The van der Waals surface area contributed by atoms with Crippen molar-refractivity contribution in [2.45, 2.75) is 20.5 Å². The van der Waals surface area contributed by atoms with Crippen LogP contribution in [0.15, 0.2) is 54.6 Å². The normalized spacial score (nSPS) is 12.1. The third-order valence-electron chi connectivity index (χ3n) is 4.41. The molecule has 0 saturated heterocycles. The Hall–Kier alpha value is -2.59. The second-order valence-electron chi connectivity index (χ2n) is 6.14. The largest absolute Gasteiger partial charge is 0.488 e. The van der Waals surface area contributed by atoms with Crippen molar-refractivity contribution in [3.63, 3.8) is 0 Å². The quantitative estimate of drug-likeness (QED) is 0.643. The van der Waals surface area contributed by atoms with Crippen LogP contribution in [0.5, 0.6) is 5.75 Å². The van der Waals surface area contributed by atoms with Gasteiger partial charge in [0.1, 0.15) is 12.4 Å². The topological polar surface area (TPSA) is 29.5 Å². The van der Waals surface area contributed by atoms with Gasteiger partial charge in [-0.15, -0.1) is 11.3 Å². The number of carbonyl (C=O) groups is 1. The van der Waals surface area contributed by atoms with Crippen molar-refractivity contribution in [2.24, 2.45) is 0 Å². The highest BCUT2D eigenvalue weighted by molar-refractivity contribution is 7.17. The lowest BCUT2D eigenvalue weighted by molar-refractivity contribution is 0.0992. The van der Waals surface area contributed by atoms with E-state index in [1.807, 2.05) is 67.3 Å². The SMILES string of the molecule is CCN(C(=O)c1cc2c(s1)-c1ccccc1OC2)c1cccc(C)c1. The number of para-hydroxylation sites is 1. The predicted molar refractivity (Wildman–Crippen MR) is 103 cm³/mol. The Morgan fingerprint density at radius 2 is 2.00 bits per heavy atom. The highest BCUT2D eigenvalue weighted by Crippen LogP contribution is 2.42. The van der Waals surface area contributed by atoms with E-state index >= 15 is 0 Å². The van der Waals surface area contributed by atoms with Crippen LogP contribution in [0.1, 0.15) is 27.7 Å². The molecule has 0 fully saturated rings. The Balaban J connectivity index is 1.71. The Morgan fingerprint density at radius 3 is 2.80 bits per heavy atom. The van der Waals surface area contributed by atoms with Crippen LogP contribution in [0.25, 0.3) is 10.4 Å². The van der Waals surface area contributed by atoms with E-state index in [0.717, 1.165) is 37.9 Å². The summed E-state index contributed by atoms with van der Waals surface area (Å²) in [7, 11) is 0. The van der Waals surface area contributed by atoms with Crippen molar-refractivity contribution in [1.82, 2.24) is 0 Å². The van der Waals surface area contributed by atoms with Crippen molar-refractivity contribution in [2.75, 3.05) is 11.4 Å². The lowest BCUT2D eigenvalue weighted by Gasteiger charge is -2.20. The molecule has 0 aliphatic carbocycles. The van der Waals surface area contributed by atoms with Gasteiger partial charge < -0.3 is 9.64 Å². The van der Waals surface area contributed by atoms with Crippen LogP contribution in [0.4, 0.5) is 5.69 Å². The van der Waals surface area contributed by atoms with Crippen LogP contribution in [0.3, 0.4) is 0 Å². The van der Waals surface area contributed by atoms with Crippen molar-refractivity contribution in [3.8, 4) is 16.2 Å². The summed E-state index contributed by atoms with van der Waals surface area (Å²) < 4.78 is 5.81. The van der Waals surface area contributed by atoms with Gasteiger partial charge in [-0.3, -0.25) is 4.79 Å². The summed E-state index contributed by atoms with van der Waals surface area (Å²) in [5.41, 5.74) is 4.26. The van der Waals surface area contributed by atoms with Crippen LogP contribution in [0.2, 0.25) is 0 Å². The lowest BCUT2D eigenvalue weighted by atomic mass is 10.1. The van der Waals surface area contributed by atoms with Crippen LogP contribution in [0, 0.1) is 6.92 Å². The molecular formula is C21H19NO2S. The summed E-state index contributed by atoms with van der Waals surface area (Å²) >= 11 is 1.56. The Morgan fingerprint density at radius 1 is 1.16 bits per heavy atom. The van der Waals surface area contributed by atoms with E-state index in [2.05, 4.69) is 6.07 Å². The molecule has 2 aromatic carbocycles. The van der Waals surface area contributed by atoms with Crippen molar-refractivity contribution in [1.29, 1.82) is 0 Å². The number of thiophene rings is 1. The number of nitrogens with zero attached hydrogens (tertiary/aromatic N) is 1. The van der Waals surface area contributed by atoms with Gasteiger partial charge in [-0.2, -0.15) is 0 Å². The highest BCUT2D eigenvalue weighted by atomic mass is 32.1. The number of carbonyl (C=O) groups excluding carboxylic acids is 1. The third kappa shape index (κ3) is 2.83. The number of amides is 1. The highest BCUT2D eigenvalue weighted by Gasteiger charge is 2.25. The monoisotopic (exact) mass is 349 g/mol. The second-order valence-corrected chi connectivity index (χ2v) is 7.19. The van der Waals surface area contributed by atoms with Gasteiger partial charge in [0.05, 0.1) is 4.88 Å². The van der Waals surface area contributed by atoms with Crippen molar-refractivity contribution >= 4 is 22.9 Å². The average molecular weight is 349 g/mol. The first-order valence-electron chi connectivity index (χ1n) is 8.41. The fourth-order valence-corrected chi connectivity index (χ4v) is 4.32. The minimum Gasteiger partial charge on any atom is -0.488 e. The number of benzene rings is 2. The molecule has 0 saturated carbocycles. The molecule has 0 spiro atoms. The fraction of sp³-hybridized carbons (Fsp3) is 0.190. The van der Waals surface area contributed by atoms with Gasteiger partial charge in [0.15, 0.2) is 0 Å². The molecule has 1 amide bonds. The number of rotatable bonds is 3. The Labute approximate surface area is 151 Å². The first-order valence-corrected chi connectivity index (χ1v) is 9.22. The zero-order valence-electron chi connectivity index (χ0n) is 14.3. The van der Waals surface area contributed by atoms with Gasteiger partial charge in [0.2, 0.25) is 0 Å². The summed E-state index contributed by atoms with van der Waals surface area (Å²) in [6.45, 7) is 5.21. The van der Waals surface area contributed by atoms with E-state index in [1.165, 1.54) is 0 Å². The van der Waals surface area contributed by atoms with E-state index in [-0.39, 0.29) is 5.91 Å². The van der Waals surface area contributed by atoms with Crippen LogP contribution in [-0.4, -0.2) is 12.5 Å². The minimum absolute atomic E-state index is 0.0463. The van der Waals surface area contributed by atoms with E-state index in [4.69, 9.17) is 4.74 Å². The zero-order valence-corrected chi connectivity index (χ0v) is 15.1. The number of hydrogen-bond acceptors (Lipinski definition) is 3. The summed E-state index contributed by atoms with van der Waals surface area (Å²) in [5, 5.41) is 0. The summed E-state index contributed by atoms with van der Waals surface area (Å²) in [6, 6.07) is 18.1. The first-order chi connectivity index (χ1) is 12.2. The number of fused-ring (bicyclic) bond motifs is 3. The average Bonchev–Trinajstić information content (AvgIpc) is 3.07. The molecule has 1 aliphatic heterocycles. The molecule has 0 atom stereocenters. The van der Waals surface area contributed by atoms with Crippen LogP contribution in [-0.2, 0) is 6.61 Å². The molecule has 1 aromatic heterocycles. The fourth-order valence-electron chi connectivity index (χ4n) is 3.18. The molecule has 2 heterocycles. The van der Waals surface area contributed by atoms with E-state index in [0.29, 0.717) is 13.2 Å². The molecule has 25 heavy (non-hydrogen) atoms. The number of aryl methyl sites for hydroxylation is 1. The molecule has 4 heteroatoms. The molecule has 0 N–H and O–H groups in total. The molecule has 126 valence electrons. The van der Waals surface area contributed by atoms with Gasteiger partial charge >= 0.3 is 0 Å². The first kappa shape index (κ1) is 15.9.